The van der Waals surface area contributed by atoms with Crippen molar-refractivity contribution in [2.24, 2.45) is 20.8 Å². The Balaban J connectivity index is -0.000000218. The molecular weight excluding hydrogens is 272 g/mol. The molecule has 0 aliphatic carbocycles. The largest absolute Gasteiger partial charge is 0.367 e. The van der Waals surface area contributed by atoms with Gasteiger partial charge in [0.1, 0.15) is 5.84 Å². The van der Waals surface area contributed by atoms with Gasteiger partial charge in [-0.15, -0.1) is 11.8 Å². The lowest BCUT2D eigenvalue weighted by Gasteiger charge is -2.08. The van der Waals surface area contributed by atoms with Crippen molar-refractivity contribution in [1.82, 2.24) is 9.91 Å². The maximum atomic E-state index is 5.25. The molecule has 0 atom stereocenters. The number of thioether (sulfide) groups is 1. The quantitative estimate of drug-likeness (QED) is 0.321. The van der Waals surface area contributed by atoms with Crippen molar-refractivity contribution in [1.29, 1.82) is 0 Å². The third-order valence-corrected chi connectivity index (χ3v) is 3.19. The minimum absolute atomic E-state index is 0.833. The van der Waals surface area contributed by atoms with Gasteiger partial charge in [0, 0.05) is 42.3 Å². The van der Waals surface area contributed by atoms with E-state index in [2.05, 4.69) is 15.0 Å². The average Bonchev–Trinajstić information content (AvgIpc) is 2.45. The molecule has 0 bridgehead atoms. The van der Waals surface area contributed by atoms with E-state index in [0.717, 1.165) is 16.7 Å². The summed E-state index contributed by atoms with van der Waals surface area (Å²) < 4.78 is 0. The van der Waals surface area contributed by atoms with Crippen molar-refractivity contribution >= 4 is 28.5 Å². The van der Waals surface area contributed by atoms with Crippen LogP contribution in [0.4, 0.5) is 0 Å². The Morgan fingerprint density at radius 2 is 1.25 bits per heavy atom. The minimum Gasteiger partial charge on any atom is -0.367 e. The molecule has 0 fully saturated rings. The third kappa shape index (κ3) is 19.3. The van der Waals surface area contributed by atoms with Crippen LogP contribution in [0.25, 0.3) is 0 Å². The van der Waals surface area contributed by atoms with Crippen LogP contribution in [0.3, 0.4) is 0 Å². The van der Waals surface area contributed by atoms with E-state index in [9.17, 15) is 0 Å². The molecule has 0 aliphatic rings. The zero-order chi connectivity index (χ0) is 16.7. The van der Waals surface area contributed by atoms with Crippen LogP contribution in [0, 0.1) is 0 Å². The number of hydrogen-bond acceptors (Lipinski definition) is 5. The van der Waals surface area contributed by atoms with Gasteiger partial charge in [-0.25, -0.2) is 5.84 Å². The van der Waals surface area contributed by atoms with E-state index in [1.165, 1.54) is 5.01 Å². The van der Waals surface area contributed by atoms with Gasteiger partial charge in [0.25, 0.3) is 0 Å². The maximum Gasteiger partial charge on any atom is 0.109 e. The SMILES string of the molecule is CN=C(C)N(C)C.CN=C(C)N(C)N.CN=C(C)SC. The summed E-state index contributed by atoms with van der Waals surface area (Å²) in [5.74, 6) is 7.14. The van der Waals surface area contributed by atoms with Gasteiger partial charge in [-0.1, -0.05) is 0 Å². The standard InChI is InChI=1S/C5H12N2.C4H11N3.C4H9NS/c1-5(6-2)7(3)4;1-4(6-2)7(3)5;1-4(5-2)6-3/h1-4H3;5H2,1-3H3;1-3H3. The second-order valence-corrected chi connectivity index (χ2v) is 4.99. The molecule has 0 radical (unpaired) electrons. The van der Waals surface area contributed by atoms with Crippen LogP contribution in [0.15, 0.2) is 15.0 Å². The molecule has 0 unspecified atom stereocenters. The van der Waals surface area contributed by atoms with Gasteiger partial charge in [0.15, 0.2) is 0 Å². The molecule has 0 aromatic carbocycles. The first kappa shape index (κ1) is 24.0. The normalized spacial score (nSPS) is 11.8. The van der Waals surface area contributed by atoms with Crippen molar-refractivity contribution in [3.05, 3.63) is 0 Å². The molecule has 2 N–H and O–H groups in total. The van der Waals surface area contributed by atoms with Crippen LogP contribution in [-0.2, 0) is 0 Å². The topological polar surface area (TPSA) is 69.6 Å². The van der Waals surface area contributed by atoms with Gasteiger partial charge in [-0.05, 0) is 27.0 Å². The van der Waals surface area contributed by atoms with Crippen molar-refractivity contribution in [3.8, 4) is 0 Å². The van der Waals surface area contributed by atoms with E-state index in [0.29, 0.717) is 0 Å². The Bertz CT molecular complexity index is 286. The predicted octanol–water partition coefficient (Wildman–Crippen LogP) is 1.83. The smallest absolute Gasteiger partial charge is 0.109 e. The highest BCUT2D eigenvalue weighted by Gasteiger charge is 1.86. The van der Waals surface area contributed by atoms with E-state index in [-0.39, 0.29) is 0 Å². The van der Waals surface area contributed by atoms with Crippen LogP contribution >= 0.6 is 11.8 Å². The molecule has 0 saturated heterocycles. The van der Waals surface area contributed by atoms with Crippen LogP contribution in [-0.4, -0.2) is 75.2 Å². The second kappa shape index (κ2) is 16.0. The average molecular weight is 305 g/mol. The summed E-state index contributed by atoms with van der Waals surface area (Å²) in [5.41, 5.74) is 0. The van der Waals surface area contributed by atoms with Gasteiger partial charge in [-0.2, -0.15) is 0 Å². The Morgan fingerprint density at radius 1 is 0.850 bits per heavy atom. The highest BCUT2D eigenvalue weighted by molar-refractivity contribution is 8.13. The molecule has 0 spiro atoms. The Hall–Kier alpha value is -1.08. The number of hydrazine groups is 1. The molecule has 20 heavy (non-hydrogen) atoms. The first-order valence-corrected chi connectivity index (χ1v) is 7.40. The fourth-order valence-electron chi connectivity index (χ4n) is 0.449. The van der Waals surface area contributed by atoms with E-state index >= 15 is 0 Å². The number of nitrogens with zero attached hydrogens (tertiary/aromatic N) is 5. The number of hydrogen-bond donors (Lipinski definition) is 1. The first-order chi connectivity index (χ1) is 9.17. The zero-order valence-corrected chi connectivity index (χ0v) is 15.5. The summed E-state index contributed by atoms with van der Waals surface area (Å²) >= 11 is 1.67. The summed E-state index contributed by atoms with van der Waals surface area (Å²) in [5, 5.41) is 2.61. The molecule has 7 heteroatoms. The van der Waals surface area contributed by atoms with Gasteiger partial charge in [0.2, 0.25) is 0 Å². The zero-order valence-electron chi connectivity index (χ0n) is 14.7. The van der Waals surface area contributed by atoms with Crippen molar-refractivity contribution in [3.63, 3.8) is 0 Å². The Morgan fingerprint density at radius 3 is 1.25 bits per heavy atom. The Kier molecular flexibility index (Phi) is 19.1. The number of rotatable bonds is 0. The molecule has 0 aromatic rings. The summed E-state index contributed by atoms with van der Waals surface area (Å²) in [6.45, 7) is 5.81. The molecule has 0 aliphatic heterocycles. The monoisotopic (exact) mass is 304 g/mol. The number of amidine groups is 2. The summed E-state index contributed by atoms with van der Waals surface area (Å²) in [7, 11) is 11.0. The lowest BCUT2D eigenvalue weighted by Crippen LogP contribution is -2.30. The summed E-state index contributed by atoms with van der Waals surface area (Å²) in [4.78, 5) is 13.6. The fraction of sp³-hybridized carbons (Fsp3) is 0.769. The van der Waals surface area contributed by atoms with Crippen molar-refractivity contribution in [2.75, 3.05) is 48.5 Å². The Labute approximate surface area is 129 Å². The van der Waals surface area contributed by atoms with E-state index in [4.69, 9.17) is 5.84 Å². The third-order valence-electron chi connectivity index (χ3n) is 2.42. The highest BCUT2D eigenvalue weighted by Crippen LogP contribution is 1.92. The molecule has 0 saturated carbocycles. The summed E-state index contributed by atoms with van der Waals surface area (Å²) in [6, 6.07) is 0. The molecule has 0 heterocycles. The molecular formula is C13H32N6S. The maximum absolute atomic E-state index is 5.25. The summed E-state index contributed by atoms with van der Waals surface area (Å²) in [6.07, 6.45) is 2.02. The van der Waals surface area contributed by atoms with Gasteiger partial charge in [0.05, 0.1) is 10.9 Å². The van der Waals surface area contributed by atoms with Crippen molar-refractivity contribution < 1.29 is 0 Å². The van der Waals surface area contributed by atoms with Crippen LogP contribution in [0.1, 0.15) is 20.8 Å². The van der Waals surface area contributed by atoms with Crippen LogP contribution < -0.4 is 5.84 Å². The lowest BCUT2D eigenvalue weighted by atomic mass is 10.6. The van der Waals surface area contributed by atoms with Gasteiger partial charge in [-0.3, -0.25) is 15.0 Å². The highest BCUT2D eigenvalue weighted by atomic mass is 32.2. The van der Waals surface area contributed by atoms with Crippen LogP contribution in [0.2, 0.25) is 0 Å². The predicted molar refractivity (Wildman–Crippen MR) is 96.3 cm³/mol. The fourth-order valence-corrected chi connectivity index (χ4v) is 0.632. The van der Waals surface area contributed by atoms with Gasteiger partial charge < -0.3 is 9.91 Å². The van der Waals surface area contributed by atoms with Crippen LogP contribution in [0.5, 0.6) is 0 Å². The second-order valence-electron chi connectivity index (χ2n) is 3.99. The van der Waals surface area contributed by atoms with E-state index < -0.39 is 0 Å². The first-order valence-electron chi connectivity index (χ1n) is 6.17. The number of aliphatic imine (C=N–C) groups is 3. The lowest BCUT2D eigenvalue weighted by molar-refractivity contribution is 0.534. The molecule has 0 rings (SSSR count). The molecule has 0 aromatic heterocycles. The van der Waals surface area contributed by atoms with E-state index in [1.54, 1.807) is 40.0 Å². The molecule has 0 amide bonds. The van der Waals surface area contributed by atoms with Gasteiger partial charge >= 0.3 is 0 Å². The van der Waals surface area contributed by atoms with Crippen molar-refractivity contribution in [2.45, 2.75) is 20.8 Å². The van der Waals surface area contributed by atoms with E-state index in [1.807, 2.05) is 46.0 Å². The molecule has 6 nitrogen and oxygen atoms in total. The number of nitrogens with two attached hydrogens (primary N) is 1. The minimum atomic E-state index is 0.833. The molecule has 120 valence electrons.